The van der Waals surface area contributed by atoms with E-state index < -0.39 is 5.54 Å². The zero-order valence-electron chi connectivity index (χ0n) is 21.2. The van der Waals surface area contributed by atoms with Crippen LogP contribution < -0.4 is 5.32 Å². The van der Waals surface area contributed by atoms with Crippen molar-refractivity contribution in [3.8, 4) is 6.07 Å². The van der Waals surface area contributed by atoms with Gasteiger partial charge in [0.1, 0.15) is 5.54 Å². The van der Waals surface area contributed by atoms with Gasteiger partial charge < -0.3 is 15.0 Å². The van der Waals surface area contributed by atoms with Crippen molar-refractivity contribution < 1.29 is 14.3 Å². The number of hydrogen-bond acceptors (Lipinski definition) is 5. The molecule has 4 aliphatic rings. The van der Waals surface area contributed by atoms with Crippen LogP contribution in [0.4, 0.5) is 0 Å². The van der Waals surface area contributed by atoms with Crippen molar-refractivity contribution in [2.75, 3.05) is 39.4 Å². The number of nitrogens with zero attached hydrogens (tertiary/aromatic N) is 3. The molecular weight excluding hydrogens is 428 g/mol. The van der Waals surface area contributed by atoms with Gasteiger partial charge in [-0.3, -0.25) is 14.5 Å². The Kier molecular flexibility index (Phi) is 8.52. The van der Waals surface area contributed by atoms with Gasteiger partial charge in [0.15, 0.2) is 0 Å². The Labute approximate surface area is 205 Å². The molecule has 0 aromatic heterocycles. The smallest absolute Gasteiger partial charge is 0.224 e. The summed E-state index contributed by atoms with van der Waals surface area (Å²) in [7, 11) is 0. The molecule has 4 rings (SSSR count). The highest BCUT2D eigenvalue weighted by Crippen LogP contribution is 2.42. The molecule has 2 aliphatic carbocycles. The molecule has 7 heteroatoms. The molecule has 34 heavy (non-hydrogen) atoms. The van der Waals surface area contributed by atoms with Crippen molar-refractivity contribution >= 4 is 11.8 Å². The molecule has 0 aromatic carbocycles. The summed E-state index contributed by atoms with van der Waals surface area (Å²) in [5.74, 6) is -0.433. The summed E-state index contributed by atoms with van der Waals surface area (Å²) in [6.45, 7) is 6.09. The third-order valence-corrected chi connectivity index (χ3v) is 8.92. The summed E-state index contributed by atoms with van der Waals surface area (Å²) >= 11 is 0. The monoisotopic (exact) mass is 472 g/mol. The van der Waals surface area contributed by atoms with E-state index in [0.29, 0.717) is 45.3 Å². The van der Waals surface area contributed by atoms with Gasteiger partial charge in [-0.05, 0) is 43.9 Å². The average Bonchev–Trinajstić information content (AvgIpc) is 3.29. The third kappa shape index (κ3) is 6.31. The van der Waals surface area contributed by atoms with Crippen molar-refractivity contribution in [3.63, 3.8) is 0 Å². The van der Waals surface area contributed by atoms with Gasteiger partial charge in [0, 0.05) is 44.6 Å². The van der Waals surface area contributed by atoms with E-state index in [1.165, 1.54) is 51.4 Å². The molecular formula is C27H44N4O3. The van der Waals surface area contributed by atoms with Crippen LogP contribution in [0.15, 0.2) is 0 Å². The predicted molar refractivity (Wildman–Crippen MR) is 131 cm³/mol. The van der Waals surface area contributed by atoms with E-state index in [2.05, 4.69) is 23.2 Å². The Morgan fingerprint density at radius 2 is 1.71 bits per heavy atom. The number of morpholine rings is 1. The van der Waals surface area contributed by atoms with Gasteiger partial charge >= 0.3 is 0 Å². The standard InChI is InChI=1S/C27H44N4O3/c1-26(10-6-3-7-11-26)19-22(18-24(32)30-14-16-34-17-15-30)25(33)29-27(20-28)12-13-31(21-27)23-8-4-2-5-9-23/h22-23H,2-19,21H2,1H3,(H,29,33). The summed E-state index contributed by atoms with van der Waals surface area (Å²) in [6.07, 6.45) is 13.7. The molecule has 190 valence electrons. The van der Waals surface area contributed by atoms with Crippen molar-refractivity contribution in [1.82, 2.24) is 15.1 Å². The van der Waals surface area contributed by atoms with Crippen LogP contribution in [-0.4, -0.2) is 72.6 Å². The molecule has 0 spiro atoms. The van der Waals surface area contributed by atoms with Crippen LogP contribution in [-0.2, 0) is 14.3 Å². The molecule has 0 bridgehead atoms. The largest absolute Gasteiger partial charge is 0.378 e. The van der Waals surface area contributed by atoms with Gasteiger partial charge in [0.05, 0.1) is 19.3 Å². The Morgan fingerprint density at radius 1 is 1.03 bits per heavy atom. The van der Waals surface area contributed by atoms with Crippen LogP contribution in [0.2, 0.25) is 0 Å². The summed E-state index contributed by atoms with van der Waals surface area (Å²) in [6, 6.07) is 3.02. The third-order valence-electron chi connectivity index (χ3n) is 8.92. The van der Waals surface area contributed by atoms with E-state index in [4.69, 9.17) is 4.74 Å². The van der Waals surface area contributed by atoms with Crippen LogP contribution in [0.5, 0.6) is 0 Å². The minimum Gasteiger partial charge on any atom is -0.378 e. The predicted octanol–water partition coefficient (Wildman–Crippen LogP) is 3.63. The van der Waals surface area contributed by atoms with Crippen LogP contribution in [0.25, 0.3) is 0 Å². The SMILES string of the molecule is CC1(CC(CC(=O)N2CCOCC2)C(=O)NC2(C#N)CCN(C3CCCCC3)C2)CCCCC1. The topological polar surface area (TPSA) is 85.7 Å². The first kappa shape index (κ1) is 25.4. The minimum absolute atomic E-state index is 0.0455. The van der Waals surface area contributed by atoms with Gasteiger partial charge in [-0.15, -0.1) is 0 Å². The highest BCUT2D eigenvalue weighted by Gasteiger charge is 2.44. The fourth-order valence-corrected chi connectivity index (χ4v) is 6.77. The number of carbonyl (C=O) groups excluding carboxylic acids is 2. The zero-order valence-corrected chi connectivity index (χ0v) is 21.2. The summed E-state index contributed by atoms with van der Waals surface area (Å²) < 4.78 is 5.40. The molecule has 2 heterocycles. The molecule has 2 atom stereocenters. The van der Waals surface area contributed by atoms with E-state index in [1.54, 1.807) is 0 Å². The van der Waals surface area contributed by atoms with E-state index in [9.17, 15) is 14.9 Å². The maximum Gasteiger partial charge on any atom is 0.224 e. The lowest BCUT2D eigenvalue weighted by Crippen LogP contribution is -2.53. The number of hydrogen-bond donors (Lipinski definition) is 1. The Bertz CT molecular complexity index is 747. The minimum atomic E-state index is -0.831. The average molecular weight is 473 g/mol. The summed E-state index contributed by atoms with van der Waals surface area (Å²) in [4.78, 5) is 31.1. The Hall–Kier alpha value is -1.65. The summed E-state index contributed by atoms with van der Waals surface area (Å²) in [5.41, 5.74) is -0.739. The molecule has 2 saturated heterocycles. The van der Waals surface area contributed by atoms with Gasteiger partial charge in [-0.2, -0.15) is 5.26 Å². The van der Waals surface area contributed by atoms with Crippen molar-refractivity contribution in [1.29, 1.82) is 5.26 Å². The van der Waals surface area contributed by atoms with Crippen molar-refractivity contribution in [2.45, 2.75) is 102 Å². The maximum absolute atomic E-state index is 13.7. The van der Waals surface area contributed by atoms with Gasteiger partial charge in [0.2, 0.25) is 11.8 Å². The van der Waals surface area contributed by atoms with Crippen molar-refractivity contribution in [3.05, 3.63) is 0 Å². The highest BCUT2D eigenvalue weighted by molar-refractivity contribution is 5.86. The molecule has 2 saturated carbocycles. The summed E-state index contributed by atoms with van der Waals surface area (Å²) in [5, 5.41) is 13.3. The first-order valence-corrected chi connectivity index (χ1v) is 13.7. The van der Waals surface area contributed by atoms with Gasteiger partial charge in [-0.1, -0.05) is 45.4 Å². The number of amides is 2. The lowest BCUT2D eigenvalue weighted by Gasteiger charge is -2.38. The molecule has 2 unspecified atom stereocenters. The first-order valence-electron chi connectivity index (χ1n) is 13.7. The van der Waals surface area contributed by atoms with Crippen LogP contribution >= 0.6 is 0 Å². The zero-order chi connectivity index (χ0) is 24.0. The Morgan fingerprint density at radius 3 is 2.38 bits per heavy atom. The maximum atomic E-state index is 13.7. The van der Waals surface area contributed by atoms with Crippen LogP contribution in [0.3, 0.4) is 0 Å². The second-order valence-corrected chi connectivity index (χ2v) is 11.7. The van der Waals surface area contributed by atoms with E-state index in [1.807, 2.05) is 4.90 Å². The van der Waals surface area contributed by atoms with Crippen molar-refractivity contribution in [2.24, 2.45) is 11.3 Å². The fourth-order valence-electron chi connectivity index (χ4n) is 6.77. The number of rotatable bonds is 7. The first-order chi connectivity index (χ1) is 16.4. The number of carbonyl (C=O) groups is 2. The van der Waals surface area contributed by atoms with E-state index >= 15 is 0 Å². The molecule has 2 amide bonds. The van der Waals surface area contributed by atoms with Gasteiger partial charge in [0.25, 0.3) is 0 Å². The molecule has 2 aliphatic heterocycles. The highest BCUT2D eigenvalue weighted by atomic mass is 16.5. The quantitative estimate of drug-likeness (QED) is 0.612. The van der Waals surface area contributed by atoms with Gasteiger partial charge in [-0.25, -0.2) is 0 Å². The lowest BCUT2D eigenvalue weighted by molar-refractivity contribution is -0.140. The van der Waals surface area contributed by atoms with E-state index in [-0.39, 0.29) is 29.6 Å². The number of nitriles is 1. The molecule has 0 radical (unpaired) electrons. The number of likely N-dealkylation sites (tertiary alicyclic amines) is 1. The molecule has 4 fully saturated rings. The normalized spacial score (nSPS) is 29.4. The van der Waals surface area contributed by atoms with E-state index in [0.717, 1.165) is 25.8 Å². The van der Waals surface area contributed by atoms with Crippen LogP contribution in [0.1, 0.15) is 90.4 Å². The second kappa shape index (κ2) is 11.4. The Balaban J connectivity index is 1.43. The second-order valence-electron chi connectivity index (χ2n) is 11.7. The fraction of sp³-hybridized carbons (Fsp3) is 0.889. The number of ether oxygens (including phenoxy) is 1. The van der Waals surface area contributed by atoms with Crippen LogP contribution in [0, 0.1) is 22.7 Å². The molecule has 7 nitrogen and oxygen atoms in total. The lowest BCUT2D eigenvalue weighted by atomic mass is 9.69. The molecule has 1 N–H and O–H groups in total. The molecule has 0 aromatic rings. The number of nitrogens with one attached hydrogen (secondary N) is 1.